The van der Waals surface area contributed by atoms with Crippen molar-refractivity contribution in [3.8, 4) is 0 Å². The molecule has 1 aromatic rings. The molecular formula is C10H14ClNOS. The molecule has 2 heterocycles. The van der Waals surface area contributed by atoms with Crippen LogP contribution < -0.4 is 5.73 Å². The first kappa shape index (κ1) is 10.4. The number of halogens is 1. The number of nitrogens with two attached hydrogens (primary N) is 1. The molecule has 1 saturated heterocycles. The predicted octanol–water partition coefficient (Wildman–Crippen LogP) is 2.75. The average molecular weight is 232 g/mol. The molecule has 2 unspecified atom stereocenters. The Bertz CT molecular complexity index is 300. The molecule has 4 heteroatoms. The van der Waals surface area contributed by atoms with Crippen LogP contribution in [-0.2, 0) is 4.74 Å². The number of hydrogen-bond donors (Lipinski definition) is 1. The van der Waals surface area contributed by atoms with Crippen LogP contribution in [0.2, 0.25) is 4.34 Å². The van der Waals surface area contributed by atoms with Crippen molar-refractivity contribution in [1.29, 1.82) is 0 Å². The minimum absolute atomic E-state index is 0.0914. The first-order chi connectivity index (χ1) is 6.68. The van der Waals surface area contributed by atoms with Gasteiger partial charge < -0.3 is 10.5 Å². The van der Waals surface area contributed by atoms with Crippen molar-refractivity contribution in [2.45, 2.75) is 19.4 Å². The van der Waals surface area contributed by atoms with E-state index in [1.54, 1.807) is 11.3 Å². The van der Waals surface area contributed by atoms with E-state index >= 15 is 0 Å². The first-order valence-corrected chi connectivity index (χ1v) is 5.97. The molecule has 1 aromatic heterocycles. The fourth-order valence-corrected chi connectivity index (χ4v) is 3.03. The molecule has 2 rings (SSSR count). The molecule has 78 valence electrons. The van der Waals surface area contributed by atoms with E-state index in [1.165, 1.54) is 4.88 Å². The number of thiophene rings is 1. The zero-order valence-electron chi connectivity index (χ0n) is 8.13. The molecule has 0 amide bonds. The van der Waals surface area contributed by atoms with Crippen molar-refractivity contribution in [3.63, 3.8) is 0 Å². The van der Waals surface area contributed by atoms with E-state index in [0.29, 0.717) is 5.92 Å². The molecule has 2 atom stereocenters. The van der Waals surface area contributed by atoms with Gasteiger partial charge in [0.25, 0.3) is 0 Å². The van der Waals surface area contributed by atoms with Crippen molar-refractivity contribution >= 4 is 22.9 Å². The summed E-state index contributed by atoms with van der Waals surface area (Å²) in [7, 11) is 0. The molecule has 0 bridgehead atoms. The van der Waals surface area contributed by atoms with Crippen molar-refractivity contribution in [2.75, 3.05) is 13.2 Å². The highest BCUT2D eigenvalue weighted by Crippen LogP contribution is 2.35. The summed E-state index contributed by atoms with van der Waals surface area (Å²) in [4.78, 5) is 1.18. The van der Waals surface area contributed by atoms with Gasteiger partial charge in [-0.2, -0.15) is 0 Å². The Hall–Kier alpha value is -0.0900. The van der Waals surface area contributed by atoms with Gasteiger partial charge in [0.15, 0.2) is 0 Å². The van der Waals surface area contributed by atoms with Crippen LogP contribution in [0.25, 0.3) is 0 Å². The summed E-state index contributed by atoms with van der Waals surface area (Å²) in [5.41, 5.74) is 7.28. The van der Waals surface area contributed by atoms with Crippen LogP contribution >= 0.6 is 22.9 Å². The van der Waals surface area contributed by atoms with Gasteiger partial charge in [0.2, 0.25) is 0 Å². The molecule has 1 aliphatic rings. The number of hydrogen-bond acceptors (Lipinski definition) is 3. The molecule has 0 aliphatic carbocycles. The minimum Gasteiger partial charge on any atom is -0.381 e. The lowest BCUT2D eigenvalue weighted by atomic mass is 9.98. The maximum absolute atomic E-state index is 6.15. The third-order valence-electron chi connectivity index (χ3n) is 2.68. The summed E-state index contributed by atoms with van der Waals surface area (Å²) in [6, 6.07) is 2.18. The van der Waals surface area contributed by atoms with E-state index in [9.17, 15) is 0 Å². The average Bonchev–Trinajstić information content (AvgIpc) is 2.76. The monoisotopic (exact) mass is 231 g/mol. The van der Waals surface area contributed by atoms with Gasteiger partial charge in [0, 0.05) is 23.4 Å². The van der Waals surface area contributed by atoms with Crippen molar-refractivity contribution in [2.24, 2.45) is 11.7 Å². The Morgan fingerprint density at radius 2 is 2.50 bits per heavy atom. The van der Waals surface area contributed by atoms with E-state index in [1.807, 2.05) is 6.92 Å². The lowest BCUT2D eigenvalue weighted by Gasteiger charge is -2.15. The molecule has 0 aromatic carbocycles. The maximum Gasteiger partial charge on any atom is 0.0960 e. The third kappa shape index (κ3) is 1.96. The summed E-state index contributed by atoms with van der Waals surface area (Å²) in [6.45, 7) is 3.65. The largest absolute Gasteiger partial charge is 0.381 e. The van der Waals surface area contributed by atoms with Crippen LogP contribution in [0.3, 0.4) is 0 Å². The summed E-state index contributed by atoms with van der Waals surface area (Å²) in [5, 5.41) is 0. The van der Waals surface area contributed by atoms with E-state index in [-0.39, 0.29) is 6.04 Å². The molecule has 2 N–H and O–H groups in total. The summed E-state index contributed by atoms with van der Waals surface area (Å²) >= 11 is 7.61. The van der Waals surface area contributed by atoms with Gasteiger partial charge >= 0.3 is 0 Å². The topological polar surface area (TPSA) is 35.2 Å². The second-order valence-electron chi connectivity index (χ2n) is 3.75. The van der Waals surface area contributed by atoms with E-state index in [2.05, 4.69) is 6.07 Å². The summed E-state index contributed by atoms with van der Waals surface area (Å²) in [6.07, 6.45) is 1.07. The highest BCUT2D eigenvalue weighted by atomic mass is 35.5. The highest BCUT2D eigenvalue weighted by molar-refractivity contribution is 7.16. The van der Waals surface area contributed by atoms with Crippen molar-refractivity contribution in [1.82, 2.24) is 0 Å². The Balaban J connectivity index is 2.13. The predicted molar refractivity (Wildman–Crippen MR) is 59.9 cm³/mol. The van der Waals surface area contributed by atoms with Gasteiger partial charge in [-0.25, -0.2) is 0 Å². The van der Waals surface area contributed by atoms with Gasteiger partial charge in [-0.15, -0.1) is 11.3 Å². The molecule has 0 radical (unpaired) electrons. The third-order valence-corrected chi connectivity index (χ3v) is 4.33. The molecule has 14 heavy (non-hydrogen) atoms. The smallest absolute Gasteiger partial charge is 0.0960 e. The summed E-state index contributed by atoms with van der Waals surface area (Å²) in [5.74, 6) is 0.462. The second-order valence-corrected chi connectivity index (χ2v) is 5.44. The minimum atomic E-state index is 0.0914. The van der Waals surface area contributed by atoms with E-state index < -0.39 is 0 Å². The van der Waals surface area contributed by atoms with Gasteiger partial charge in [-0.05, 0) is 25.0 Å². The maximum atomic E-state index is 6.15. The Morgan fingerprint density at radius 3 is 3.00 bits per heavy atom. The molecule has 1 aliphatic heterocycles. The molecular weight excluding hydrogens is 218 g/mol. The van der Waals surface area contributed by atoms with Gasteiger partial charge in [-0.1, -0.05) is 11.6 Å². The van der Waals surface area contributed by atoms with Crippen molar-refractivity contribution < 1.29 is 4.74 Å². The Labute approximate surface area is 93.0 Å². The van der Waals surface area contributed by atoms with Gasteiger partial charge in [0.1, 0.15) is 0 Å². The van der Waals surface area contributed by atoms with E-state index in [4.69, 9.17) is 22.1 Å². The first-order valence-electron chi connectivity index (χ1n) is 4.77. The summed E-state index contributed by atoms with van der Waals surface area (Å²) < 4.78 is 6.18. The number of ether oxygens (including phenoxy) is 1. The van der Waals surface area contributed by atoms with Crippen LogP contribution in [0.5, 0.6) is 0 Å². The quantitative estimate of drug-likeness (QED) is 0.850. The Morgan fingerprint density at radius 1 is 1.71 bits per heavy atom. The number of aryl methyl sites for hydroxylation is 1. The number of rotatable bonds is 2. The van der Waals surface area contributed by atoms with Crippen molar-refractivity contribution in [3.05, 3.63) is 20.8 Å². The van der Waals surface area contributed by atoms with Crippen LogP contribution in [-0.4, -0.2) is 13.2 Å². The standard InChI is InChI=1S/C10H14ClNOS/c1-6-4-8(14-10(6)11)9(12)7-2-3-13-5-7/h4,7,9H,2-3,5,12H2,1H3. The normalized spacial score (nSPS) is 24.1. The van der Waals surface area contributed by atoms with Gasteiger partial charge in [0.05, 0.1) is 10.9 Å². The van der Waals surface area contributed by atoms with Gasteiger partial charge in [-0.3, -0.25) is 0 Å². The zero-order chi connectivity index (χ0) is 10.1. The fraction of sp³-hybridized carbons (Fsp3) is 0.600. The second kappa shape index (κ2) is 4.19. The fourth-order valence-electron chi connectivity index (χ4n) is 1.72. The zero-order valence-corrected chi connectivity index (χ0v) is 9.70. The SMILES string of the molecule is Cc1cc(C(N)C2CCOC2)sc1Cl. The lowest BCUT2D eigenvalue weighted by Crippen LogP contribution is -2.20. The molecule has 0 spiro atoms. The van der Waals surface area contributed by atoms with Crippen LogP contribution in [0.15, 0.2) is 6.07 Å². The molecule has 1 fully saturated rings. The van der Waals surface area contributed by atoms with E-state index in [0.717, 1.165) is 29.5 Å². The van der Waals surface area contributed by atoms with Crippen LogP contribution in [0.4, 0.5) is 0 Å². The highest BCUT2D eigenvalue weighted by Gasteiger charge is 2.25. The Kier molecular flexibility index (Phi) is 3.12. The molecule has 0 saturated carbocycles. The lowest BCUT2D eigenvalue weighted by molar-refractivity contribution is 0.181. The van der Waals surface area contributed by atoms with Crippen LogP contribution in [0, 0.1) is 12.8 Å². The molecule has 2 nitrogen and oxygen atoms in total. The van der Waals surface area contributed by atoms with Crippen LogP contribution in [0.1, 0.15) is 22.9 Å².